The van der Waals surface area contributed by atoms with E-state index in [9.17, 15) is 4.39 Å². The Bertz CT molecular complexity index is 600. The SMILES string of the molecule is CO[C@H](CF)CN1CCOc2cc3c(c(C4CC4)c21)CCNCC3. The predicted octanol–water partition coefficient (Wildman–Crippen LogP) is 2.44. The molecule has 1 aromatic carbocycles. The summed E-state index contributed by atoms with van der Waals surface area (Å²) in [5, 5.41) is 3.51. The number of rotatable bonds is 5. The molecule has 1 atom stereocenters. The van der Waals surface area contributed by atoms with E-state index in [0.717, 1.165) is 38.2 Å². The van der Waals surface area contributed by atoms with Crippen molar-refractivity contribution in [2.75, 3.05) is 51.5 Å². The molecule has 0 radical (unpaired) electrons. The number of anilines is 1. The molecule has 1 fully saturated rings. The first-order chi connectivity index (χ1) is 11.8. The normalized spacial score (nSPS) is 21.5. The van der Waals surface area contributed by atoms with Crippen molar-refractivity contribution in [1.29, 1.82) is 0 Å². The van der Waals surface area contributed by atoms with Crippen LogP contribution in [0, 0.1) is 0 Å². The Hall–Kier alpha value is -1.33. The Labute approximate surface area is 143 Å². The first kappa shape index (κ1) is 16.2. The average Bonchev–Trinajstić information content (AvgIpc) is 3.44. The Kier molecular flexibility index (Phi) is 4.63. The third-order valence-electron chi connectivity index (χ3n) is 5.48. The molecular formula is C19H27FN2O2. The predicted molar refractivity (Wildman–Crippen MR) is 93.2 cm³/mol. The number of alkyl halides is 1. The molecule has 0 bridgehead atoms. The molecule has 132 valence electrons. The molecular weight excluding hydrogens is 307 g/mol. The monoisotopic (exact) mass is 334 g/mol. The zero-order valence-electron chi connectivity index (χ0n) is 14.4. The fourth-order valence-electron chi connectivity index (χ4n) is 4.08. The molecule has 3 aliphatic rings. The minimum absolute atomic E-state index is 0.372. The second-order valence-electron chi connectivity index (χ2n) is 7.11. The second-order valence-corrected chi connectivity index (χ2v) is 7.11. The van der Waals surface area contributed by atoms with Crippen LogP contribution in [0.1, 0.15) is 35.4 Å². The first-order valence-corrected chi connectivity index (χ1v) is 9.17. The number of fused-ring (bicyclic) bond motifs is 2. The highest BCUT2D eigenvalue weighted by atomic mass is 19.1. The lowest BCUT2D eigenvalue weighted by Gasteiger charge is -2.36. The third-order valence-corrected chi connectivity index (χ3v) is 5.48. The van der Waals surface area contributed by atoms with Crippen molar-refractivity contribution in [2.45, 2.75) is 37.7 Å². The van der Waals surface area contributed by atoms with Gasteiger partial charge in [0.2, 0.25) is 0 Å². The summed E-state index contributed by atoms with van der Waals surface area (Å²) in [6.45, 7) is 3.70. The van der Waals surface area contributed by atoms with E-state index < -0.39 is 6.67 Å². The van der Waals surface area contributed by atoms with Gasteiger partial charge in [0.25, 0.3) is 0 Å². The summed E-state index contributed by atoms with van der Waals surface area (Å²) in [7, 11) is 1.59. The van der Waals surface area contributed by atoms with Crippen LogP contribution in [-0.2, 0) is 17.6 Å². The zero-order chi connectivity index (χ0) is 16.5. The molecule has 0 aromatic heterocycles. The third kappa shape index (κ3) is 3.00. The number of nitrogens with one attached hydrogen (secondary N) is 1. The molecule has 2 heterocycles. The van der Waals surface area contributed by atoms with Gasteiger partial charge in [0.05, 0.1) is 12.2 Å². The molecule has 5 heteroatoms. The molecule has 0 spiro atoms. The lowest BCUT2D eigenvalue weighted by atomic mass is 9.91. The Balaban J connectivity index is 1.77. The summed E-state index contributed by atoms with van der Waals surface area (Å²) in [5.41, 5.74) is 5.67. The van der Waals surface area contributed by atoms with Crippen LogP contribution in [0.25, 0.3) is 0 Å². The van der Waals surface area contributed by atoms with Crippen molar-refractivity contribution in [3.8, 4) is 5.75 Å². The lowest BCUT2D eigenvalue weighted by molar-refractivity contribution is 0.0829. The number of nitrogens with zero attached hydrogens (tertiary/aromatic N) is 1. The molecule has 4 nitrogen and oxygen atoms in total. The van der Waals surface area contributed by atoms with E-state index in [1.807, 2.05) is 0 Å². The van der Waals surface area contributed by atoms with E-state index in [1.54, 1.807) is 7.11 Å². The fraction of sp³-hybridized carbons (Fsp3) is 0.684. The van der Waals surface area contributed by atoms with Crippen LogP contribution >= 0.6 is 0 Å². The maximum atomic E-state index is 13.2. The van der Waals surface area contributed by atoms with Gasteiger partial charge in [-0.05, 0) is 67.4 Å². The standard InChI is InChI=1S/C19H27FN2O2/c1-23-15(11-20)12-22-8-9-24-17-10-14-4-6-21-7-5-16(14)18(19(17)22)13-2-3-13/h10,13,15,21H,2-9,11-12H2,1H3/t15-/m1/s1. The van der Waals surface area contributed by atoms with E-state index in [-0.39, 0.29) is 6.10 Å². The van der Waals surface area contributed by atoms with E-state index in [4.69, 9.17) is 9.47 Å². The fourth-order valence-corrected chi connectivity index (χ4v) is 4.08. The van der Waals surface area contributed by atoms with Crippen LogP contribution in [0.5, 0.6) is 5.75 Å². The van der Waals surface area contributed by atoms with Crippen molar-refractivity contribution in [3.63, 3.8) is 0 Å². The molecule has 0 saturated heterocycles. The van der Waals surface area contributed by atoms with Gasteiger partial charge >= 0.3 is 0 Å². The summed E-state index contributed by atoms with van der Waals surface area (Å²) < 4.78 is 24.5. The topological polar surface area (TPSA) is 33.7 Å². The first-order valence-electron chi connectivity index (χ1n) is 9.17. The highest BCUT2D eigenvalue weighted by molar-refractivity contribution is 5.71. The van der Waals surface area contributed by atoms with Crippen molar-refractivity contribution in [2.24, 2.45) is 0 Å². The van der Waals surface area contributed by atoms with Crippen molar-refractivity contribution < 1.29 is 13.9 Å². The number of ether oxygens (including phenoxy) is 2. The van der Waals surface area contributed by atoms with Crippen LogP contribution in [0.3, 0.4) is 0 Å². The van der Waals surface area contributed by atoms with E-state index in [0.29, 0.717) is 19.1 Å². The van der Waals surface area contributed by atoms with Gasteiger partial charge in [-0.2, -0.15) is 0 Å². The van der Waals surface area contributed by atoms with E-state index >= 15 is 0 Å². The molecule has 1 saturated carbocycles. The molecule has 24 heavy (non-hydrogen) atoms. The molecule has 1 N–H and O–H groups in total. The molecule has 1 aromatic rings. The number of hydrogen-bond donors (Lipinski definition) is 1. The van der Waals surface area contributed by atoms with Crippen molar-refractivity contribution in [3.05, 3.63) is 22.8 Å². The van der Waals surface area contributed by atoms with Gasteiger partial charge in [0.15, 0.2) is 0 Å². The smallest absolute Gasteiger partial charge is 0.143 e. The lowest BCUT2D eigenvalue weighted by Crippen LogP contribution is -2.40. The zero-order valence-corrected chi connectivity index (χ0v) is 14.4. The Morgan fingerprint density at radius 2 is 2.21 bits per heavy atom. The minimum atomic E-state index is -0.448. The summed E-state index contributed by atoms with van der Waals surface area (Å²) in [6, 6.07) is 2.24. The maximum absolute atomic E-state index is 13.2. The Morgan fingerprint density at radius 3 is 2.96 bits per heavy atom. The second kappa shape index (κ2) is 6.89. The Morgan fingerprint density at radius 1 is 1.38 bits per heavy atom. The van der Waals surface area contributed by atoms with Gasteiger partial charge in [-0.3, -0.25) is 0 Å². The maximum Gasteiger partial charge on any atom is 0.143 e. The van der Waals surface area contributed by atoms with Gasteiger partial charge in [0.1, 0.15) is 25.1 Å². The summed E-state index contributed by atoms with van der Waals surface area (Å²) in [5.74, 6) is 1.65. The van der Waals surface area contributed by atoms with Crippen LogP contribution in [0.4, 0.5) is 10.1 Å². The number of methoxy groups -OCH3 is 1. The summed E-state index contributed by atoms with van der Waals surface area (Å²) in [6.07, 6.45) is 4.31. The highest BCUT2D eigenvalue weighted by Gasteiger charge is 2.35. The number of hydrogen-bond acceptors (Lipinski definition) is 4. The summed E-state index contributed by atoms with van der Waals surface area (Å²) >= 11 is 0. The van der Waals surface area contributed by atoms with Crippen molar-refractivity contribution in [1.82, 2.24) is 5.32 Å². The average molecular weight is 334 g/mol. The highest BCUT2D eigenvalue weighted by Crippen LogP contribution is 2.51. The van der Waals surface area contributed by atoms with E-state index in [1.165, 1.54) is 35.2 Å². The number of halogens is 1. The van der Waals surface area contributed by atoms with Gasteiger partial charge in [0, 0.05) is 13.7 Å². The number of benzene rings is 1. The van der Waals surface area contributed by atoms with Crippen LogP contribution < -0.4 is 15.0 Å². The molecule has 4 rings (SSSR count). The quantitative estimate of drug-likeness (QED) is 0.897. The summed E-state index contributed by atoms with van der Waals surface area (Å²) in [4.78, 5) is 2.30. The molecule has 0 amide bonds. The van der Waals surface area contributed by atoms with Gasteiger partial charge in [-0.1, -0.05) is 0 Å². The van der Waals surface area contributed by atoms with Crippen LogP contribution in [0.15, 0.2) is 6.07 Å². The van der Waals surface area contributed by atoms with Gasteiger partial charge in [-0.25, -0.2) is 4.39 Å². The largest absolute Gasteiger partial charge is 0.490 e. The molecule has 2 aliphatic heterocycles. The van der Waals surface area contributed by atoms with E-state index in [2.05, 4.69) is 16.3 Å². The molecule has 1 aliphatic carbocycles. The van der Waals surface area contributed by atoms with Gasteiger partial charge in [-0.15, -0.1) is 0 Å². The van der Waals surface area contributed by atoms with Gasteiger partial charge < -0.3 is 19.7 Å². The van der Waals surface area contributed by atoms with Crippen molar-refractivity contribution >= 4 is 5.69 Å². The van der Waals surface area contributed by atoms with Crippen LogP contribution in [-0.4, -0.2) is 52.7 Å². The minimum Gasteiger partial charge on any atom is -0.490 e. The van der Waals surface area contributed by atoms with Crippen LogP contribution in [0.2, 0.25) is 0 Å². The molecule has 0 unspecified atom stereocenters.